The summed E-state index contributed by atoms with van der Waals surface area (Å²) >= 11 is 5.24. The molecule has 0 fully saturated rings. The minimum atomic E-state index is -0.405. The molecule has 0 saturated heterocycles. The van der Waals surface area contributed by atoms with Gasteiger partial charge in [-0.2, -0.15) is 0 Å². The highest BCUT2D eigenvalue weighted by atomic mass is 79.9. The molecule has 0 amide bonds. The van der Waals surface area contributed by atoms with Crippen LogP contribution < -0.4 is 0 Å². The van der Waals surface area contributed by atoms with E-state index in [9.17, 15) is 5.11 Å². The van der Waals surface area contributed by atoms with Crippen LogP contribution in [0.3, 0.4) is 0 Å². The first-order valence-electron chi connectivity index (χ1n) is 5.11. The highest BCUT2D eigenvalue weighted by Gasteiger charge is 2.09. The van der Waals surface area contributed by atoms with E-state index >= 15 is 0 Å². The van der Waals surface area contributed by atoms with Gasteiger partial charge in [0.25, 0.3) is 0 Å². The lowest BCUT2D eigenvalue weighted by Gasteiger charge is -2.13. The first-order chi connectivity index (χ1) is 7.00. The van der Waals surface area contributed by atoms with Crippen molar-refractivity contribution in [2.75, 3.05) is 5.75 Å². The van der Waals surface area contributed by atoms with Gasteiger partial charge in [-0.1, -0.05) is 29.8 Å². The molecule has 0 spiro atoms. The molecule has 1 rings (SSSR count). The van der Waals surface area contributed by atoms with Gasteiger partial charge in [0, 0.05) is 15.1 Å². The predicted octanol–water partition coefficient (Wildman–Crippen LogP) is 4.25. The molecule has 84 valence electrons. The van der Waals surface area contributed by atoms with Crippen LogP contribution in [0.15, 0.2) is 27.6 Å². The van der Waals surface area contributed by atoms with E-state index in [-0.39, 0.29) is 0 Å². The molecule has 0 radical (unpaired) electrons. The van der Waals surface area contributed by atoms with Crippen LogP contribution in [0.5, 0.6) is 0 Å². The summed E-state index contributed by atoms with van der Waals surface area (Å²) in [5, 5.41) is 9.66. The van der Waals surface area contributed by atoms with Crippen molar-refractivity contribution in [3.8, 4) is 0 Å². The molecule has 0 aliphatic rings. The van der Waals surface area contributed by atoms with Gasteiger partial charge < -0.3 is 5.11 Å². The number of aliphatic hydroxyl groups excluding tert-OH is 1. The Labute approximate surface area is 104 Å². The highest BCUT2D eigenvalue weighted by molar-refractivity contribution is 9.10. The Morgan fingerprint density at radius 1 is 1.33 bits per heavy atom. The Morgan fingerprint density at radius 3 is 2.53 bits per heavy atom. The van der Waals surface area contributed by atoms with Crippen LogP contribution in [0.1, 0.15) is 32.4 Å². The number of aliphatic hydroxyl groups is 1. The van der Waals surface area contributed by atoms with E-state index in [1.54, 1.807) is 6.92 Å². The van der Waals surface area contributed by atoms with Crippen LogP contribution in [0.2, 0.25) is 0 Å². The van der Waals surface area contributed by atoms with Crippen molar-refractivity contribution in [3.63, 3.8) is 0 Å². The average molecular weight is 289 g/mol. The summed E-state index contributed by atoms with van der Waals surface area (Å²) in [7, 11) is 0. The van der Waals surface area contributed by atoms with Gasteiger partial charge in [-0.3, -0.25) is 0 Å². The maximum atomic E-state index is 9.66. The summed E-state index contributed by atoms with van der Waals surface area (Å²) < 4.78 is 1.02. The molecule has 0 heterocycles. The summed E-state index contributed by atoms with van der Waals surface area (Å²) in [5.74, 6) is 1.75. The van der Waals surface area contributed by atoms with Crippen molar-refractivity contribution in [2.24, 2.45) is 5.92 Å². The predicted molar refractivity (Wildman–Crippen MR) is 70.3 cm³/mol. The smallest absolute Gasteiger partial charge is 0.0773 e. The van der Waals surface area contributed by atoms with E-state index in [1.165, 1.54) is 4.90 Å². The van der Waals surface area contributed by atoms with Gasteiger partial charge in [0.05, 0.1) is 6.10 Å². The summed E-state index contributed by atoms with van der Waals surface area (Å²) in [6, 6.07) is 6.08. The van der Waals surface area contributed by atoms with E-state index in [2.05, 4.69) is 35.8 Å². The van der Waals surface area contributed by atoms with Gasteiger partial charge in [-0.15, -0.1) is 11.8 Å². The fraction of sp³-hybridized carbons (Fsp3) is 0.500. The lowest BCUT2D eigenvalue weighted by Crippen LogP contribution is -1.97. The largest absolute Gasteiger partial charge is 0.389 e. The second-order valence-corrected chi connectivity index (χ2v) is 6.04. The first-order valence-corrected chi connectivity index (χ1v) is 6.89. The van der Waals surface area contributed by atoms with Crippen molar-refractivity contribution in [2.45, 2.75) is 31.8 Å². The highest BCUT2D eigenvalue weighted by Crippen LogP contribution is 2.31. The third-order valence-corrected chi connectivity index (χ3v) is 4.00. The first kappa shape index (κ1) is 13.1. The number of rotatable bonds is 4. The van der Waals surface area contributed by atoms with Crippen LogP contribution in [0.25, 0.3) is 0 Å². The number of hydrogen-bond donors (Lipinski definition) is 1. The molecule has 0 aliphatic carbocycles. The molecule has 1 aromatic rings. The third-order valence-electron chi connectivity index (χ3n) is 1.99. The Hall–Kier alpha value is 0.01000. The molecule has 0 saturated carbocycles. The molecular formula is C12H17BrOS. The summed E-state index contributed by atoms with van der Waals surface area (Å²) in [4.78, 5) is 1.18. The van der Waals surface area contributed by atoms with Crippen molar-refractivity contribution >= 4 is 27.7 Å². The van der Waals surface area contributed by atoms with Crippen LogP contribution in [0.4, 0.5) is 0 Å². The van der Waals surface area contributed by atoms with Gasteiger partial charge in [-0.25, -0.2) is 0 Å². The molecule has 1 aromatic carbocycles. The quantitative estimate of drug-likeness (QED) is 0.836. The Morgan fingerprint density at radius 2 is 2.00 bits per heavy atom. The standard InChI is InChI=1S/C12H17BrOS/c1-8(2)7-15-12-5-4-10(13)6-11(12)9(3)14/h4-6,8-9,14H,7H2,1-3H3. The minimum absolute atomic E-state index is 0.405. The number of thioether (sulfide) groups is 1. The molecule has 0 aliphatic heterocycles. The fourth-order valence-electron chi connectivity index (χ4n) is 1.23. The average Bonchev–Trinajstić information content (AvgIpc) is 2.15. The van der Waals surface area contributed by atoms with E-state index in [0.717, 1.165) is 15.8 Å². The van der Waals surface area contributed by atoms with Crippen molar-refractivity contribution in [1.29, 1.82) is 0 Å². The summed E-state index contributed by atoms with van der Waals surface area (Å²) in [6.07, 6.45) is -0.405. The molecule has 1 unspecified atom stereocenters. The summed E-state index contributed by atoms with van der Waals surface area (Å²) in [6.45, 7) is 6.21. The van der Waals surface area contributed by atoms with Crippen LogP contribution >= 0.6 is 27.7 Å². The molecular weight excluding hydrogens is 272 g/mol. The second kappa shape index (κ2) is 5.92. The maximum Gasteiger partial charge on any atom is 0.0773 e. The van der Waals surface area contributed by atoms with Crippen LogP contribution in [-0.2, 0) is 0 Å². The molecule has 1 atom stereocenters. The molecule has 1 N–H and O–H groups in total. The zero-order valence-corrected chi connectivity index (χ0v) is 11.7. The molecule has 3 heteroatoms. The van der Waals surface area contributed by atoms with Crippen LogP contribution in [-0.4, -0.2) is 10.9 Å². The monoisotopic (exact) mass is 288 g/mol. The van der Waals surface area contributed by atoms with Crippen molar-refractivity contribution in [3.05, 3.63) is 28.2 Å². The topological polar surface area (TPSA) is 20.2 Å². The molecule has 15 heavy (non-hydrogen) atoms. The van der Waals surface area contributed by atoms with Gasteiger partial charge in [0.15, 0.2) is 0 Å². The Bertz CT molecular complexity index is 323. The van der Waals surface area contributed by atoms with Gasteiger partial charge in [-0.05, 0) is 36.6 Å². The molecule has 1 nitrogen and oxygen atoms in total. The minimum Gasteiger partial charge on any atom is -0.389 e. The zero-order chi connectivity index (χ0) is 11.4. The lowest BCUT2D eigenvalue weighted by atomic mass is 10.1. The number of benzene rings is 1. The number of hydrogen-bond acceptors (Lipinski definition) is 2. The van der Waals surface area contributed by atoms with Gasteiger partial charge in [0.1, 0.15) is 0 Å². The summed E-state index contributed by atoms with van der Waals surface area (Å²) in [5.41, 5.74) is 1.01. The molecule has 0 bridgehead atoms. The lowest BCUT2D eigenvalue weighted by molar-refractivity contribution is 0.196. The fourth-order valence-corrected chi connectivity index (χ4v) is 2.69. The number of halogens is 1. The van der Waals surface area contributed by atoms with Crippen LogP contribution in [0, 0.1) is 5.92 Å². The van der Waals surface area contributed by atoms with E-state index < -0.39 is 6.10 Å². The molecule has 0 aromatic heterocycles. The Balaban J connectivity index is 2.86. The Kier molecular flexibility index (Phi) is 5.16. The van der Waals surface area contributed by atoms with Gasteiger partial charge in [0.2, 0.25) is 0 Å². The van der Waals surface area contributed by atoms with E-state index in [0.29, 0.717) is 5.92 Å². The third kappa shape index (κ3) is 4.17. The van der Waals surface area contributed by atoms with E-state index in [4.69, 9.17) is 0 Å². The van der Waals surface area contributed by atoms with Crippen molar-refractivity contribution < 1.29 is 5.11 Å². The van der Waals surface area contributed by atoms with Gasteiger partial charge >= 0.3 is 0 Å². The second-order valence-electron chi connectivity index (χ2n) is 4.06. The van der Waals surface area contributed by atoms with E-state index in [1.807, 2.05) is 23.9 Å². The maximum absolute atomic E-state index is 9.66. The SMILES string of the molecule is CC(C)CSc1ccc(Br)cc1C(C)O. The normalized spacial score (nSPS) is 13.2. The van der Waals surface area contributed by atoms with Crippen molar-refractivity contribution in [1.82, 2.24) is 0 Å². The zero-order valence-electron chi connectivity index (χ0n) is 9.33.